The van der Waals surface area contributed by atoms with Gasteiger partial charge >= 0.3 is 13.2 Å². The van der Waals surface area contributed by atoms with E-state index >= 15 is 0 Å². The van der Waals surface area contributed by atoms with Gasteiger partial charge in [0.15, 0.2) is 0 Å². The summed E-state index contributed by atoms with van der Waals surface area (Å²) in [6, 6.07) is 17.8. The Kier molecular flexibility index (Phi) is 7.77. The number of nitrogens with one attached hydrogen (secondary N) is 2. The Bertz CT molecular complexity index is 928. The number of ether oxygens (including phenoxy) is 1. The average Bonchev–Trinajstić information content (AvgIpc) is 2.97. The third kappa shape index (κ3) is 6.22. The summed E-state index contributed by atoms with van der Waals surface area (Å²) in [6.07, 6.45) is 1.53. The zero-order valence-corrected chi connectivity index (χ0v) is 19.6. The van der Waals surface area contributed by atoms with E-state index in [9.17, 15) is 4.79 Å². The predicted molar refractivity (Wildman–Crippen MR) is 128 cm³/mol. The van der Waals surface area contributed by atoms with Crippen LogP contribution in [0.2, 0.25) is 0 Å². The number of amides is 1. The molecule has 1 aliphatic heterocycles. The molecule has 6 nitrogen and oxygen atoms in total. The molecule has 2 N–H and O–H groups in total. The molecule has 0 radical (unpaired) electrons. The lowest BCUT2D eigenvalue weighted by Crippen LogP contribution is -2.41. The molecule has 0 aromatic heterocycles. The molecule has 1 aliphatic rings. The SMILES string of the molecule is CNCc1cccc(C=C(CNC(=O)OCc2ccccc2)B2OC(C)(C)C(C)(C)O2)c1. The first-order valence-corrected chi connectivity index (χ1v) is 10.9. The van der Waals surface area contributed by atoms with Crippen LogP contribution in [0.25, 0.3) is 6.08 Å². The van der Waals surface area contributed by atoms with Gasteiger partial charge in [-0.15, -0.1) is 0 Å². The number of benzene rings is 2. The van der Waals surface area contributed by atoms with Crippen molar-refractivity contribution in [2.45, 2.75) is 52.0 Å². The molecule has 2 aromatic carbocycles. The maximum absolute atomic E-state index is 12.3. The molecule has 1 fully saturated rings. The Morgan fingerprint density at radius 1 is 1.00 bits per heavy atom. The Morgan fingerprint density at radius 2 is 1.66 bits per heavy atom. The van der Waals surface area contributed by atoms with Crippen molar-refractivity contribution in [3.8, 4) is 0 Å². The van der Waals surface area contributed by atoms with Gasteiger partial charge in [0.25, 0.3) is 0 Å². The van der Waals surface area contributed by atoms with Crippen molar-refractivity contribution in [3.63, 3.8) is 0 Å². The minimum absolute atomic E-state index is 0.217. The van der Waals surface area contributed by atoms with Crippen LogP contribution in [0, 0.1) is 0 Å². The van der Waals surface area contributed by atoms with Crippen molar-refractivity contribution >= 4 is 19.3 Å². The van der Waals surface area contributed by atoms with Crippen LogP contribution in [0.4, 0.5) is 4.79 Å². The van der Waals surface area contributed by atoms with Crippen LogP contribution in [0.1, 0.15) is 44.4 Å². The van der Waals surface area contributed by atoms with Gasteiger partial charge in [-0.2, -0.15) is 0 Å². The highest BCUT2D eigenvalue weighted by atomic mass is 16.7. The molecule has 1 amide bonds. The number of carbonyl (C=O) groups is 1. The normalized spacial score (nSPS) is 17.3. The first-order chi connectivity index (χ1) is 15.2. The van der Waals surface area contributed by atoms with Gasteiger partial charge in [0.05, 0.1) is 11.2 Å². The van der Waals surface area contributed by atoms with E-state index in [0.29, 0.717) is 0 Å². The Labute approximate surface area is 191 Å². The number of carbonyl (C=O) groups excluding carboxylic acids is 1. The fourth-order valence-corrected chi connectivity index (χ4v) is 3.36. The van der Waals surface area contributed by atoms with E-state index in [2.05, 4.69) is 22.8 Å². The van der Waals surface area contributed by atoms with Crippen molar-refractivity contribution < 1.29 is 18.8 Å². The van der Waals surface area contributed by atoms with Crippen molar-refractivity contribution in [2.24, 2.45) is 0 Å². The van der Waals surface area contributed by atoms with Crippen LogP contribution in [0.3, 0.4) is 0 Å². The molecule has 7 heteroatoms. The third-order valence-corrected chi connectivity index (χ3v) is 5.89. The molecular formula is C25H33BN2O4. The van der Waals surface area contributed by atoms with Crippen molar-refractivity contribution in [1.29, 1.82) is 0 Å². The minimum Gasteiger partial charge on any atom is -0.445 e. The lowest BCUT2D eigenvalue weighted by molar-refractivity contribution is 0.00578. The van der Waals surface area contributed by atoms with E-state index < -0.39 is 24.4 Å². The molecule has 0 bridgehead atoms. The van der Waals surface area contributed by atoms with Crippen LogP contribution in [0.5, 0.6) is 0 Å². The van der Waals surface area contributed by atoms with Gasteiger partial charge in [0, 0.05) is 13.1 Å². The van der Waals surface area contributed by atoms with Gasteiger partial charge in [-0.3, -0.25) is 0 Å². The van der Waals surface area contributed by atoms with Crippen LogP contribution < -0.4 is 10.6 Å². The van der Waals surface area contributed by atoms with Crippen molar-refractivity contribution in [1.82, 2.24) is 10.6 Å². The summed E-state index contributed by atoms with van der Waals surface area (Å²) < 4.78 is 17.8. The molecule has 1 saturated heterocycles. The molecule has 3 rings (SSSR count). The van der Waals surface area contributed by atoms with E-state index in [1.54, 1.807) is 0 Å². The Balaban J connectivity index is 1.73. The monoisotopic (exact) mass is 436 g/mol. The highest BCUT2D eigenvalue weighted by Crippen LogP contribution is 2.38. The summed E-state index contributed by atoms with van der Waals surface area (Å²) in [6.45, 7) is 9.30. The molecule has 0 atom stereocenters. The third-order valence-electron chi connectivity index (χ3n) is 5.89. The van der Waals surface area contributed by atoms with Crippen LogP contribution in [-0.2, 0) is 27.2 Å². The fraction of sp³-hybridized carbons (Fsp3) is 0.400. The number of alkyl carbamates (subject to hydrolysis) is 1. The van der Waals surface area contributed by atoms with Gasteiger partial charge in [-0.25, -0.2) is 4.79 Å². The highest BCUT2D eigenvalue weighted by molar-refractivity contribution is 6.56. The molecule has 32 heavy (non-hydrogen) atoms. The summed E-state index contributed by atoms with van der Waals surface area (Å²) in [7, 11) is 1.35. The molecule has 0 unspecified atom stereocenters. The van der Waals surface area contributed by atoms with E-state index in [0.717, 1.165) is 23.1 Å². The summed E-state index contributed by atoms with van der Waals surface area (Å²) in [5.74, 6) is 0. The van der Waals surface area contributed by atoms with Crippen LogP contribution >= 0.6 is 0 Å². The number of hydrogen-bond donors (Lipinski definition) is 2. The van der Waals surface area contributed by atoms with Crippen LogP contribution in [0.15, 0.2) is 60.1 Å². The lowest BCUT2D eigenvalue weighted by Gasteiger charge is -2.32. The average molecular weight is 436 g/mol. The molecule has 170 valence electrons. The van der Waals surface area contributed by atoms with E-state index in [4.69, 9.17) is 14.0 Å². The van der Waals surface area contributed by atoms with Crippen LogP contribution in [-0.4, -0.2) is 38.0 Å². The summed E-state index contributed by atoms with van der Waals surface area (Å²) in [5, 5.41) is 6.01. The zero-order chi connectivity index (χ0) is 23.2. The van der Waals surface area contributed by atoms with Gasteiger partial charge in [-0.1, -0.05) is 60.7 Å². The molecule has 2 aromatic rings. The molecule has 0 spiro atoms. The number of hydrogen-bond acceptors (Lipinski definition) is 5. The smallest absolute Gasteiger partial charge is 0.445 e. The first kappa shape index (κ1) is 24.0. The second kappa shape index (κ2) is 10.3. The largest absolute Gasteiger partial charge is 0.492 e. The van der Waals surface area contributed by atoms with Gasteiger partial charge in [0.1, 0.15) is 6.61 Å². The topological polar surface area (TPSA) is 68.8 Å². The fourth-order valence-electron chi connectivity index (χ4n) is 3.36. The zero-order valence-electron chi connectivity index (χ0n) is 19.6. The van der Waals surface area contributed by atoms with E-state index in [1.165, 1.54) is 5.56 Å². The summed E-state index contributed by atoms with van der Waals surface area (Å²) in [4.78, 5) is 12.3. The lowest BCUT2D eigenvalue weighted by atomic mass is 9.77. The van der Waals surface area contributed by atoms with E-state index in [1.807, 2.05) is 83.3 Å². The van der Waals surface area contributed by atoms with Gasteiger partial charge in [0.2, 0.25) is 0 Å². The maximum atomic E-state index is 12.3. The first-order valence-electron chi connectivity index (χ1n) is 10.9. The van der Waals surface area contributed by atoms with Crippen molar-refractivity contribution in [3.05, 3.63) is 76.8 Å². The Hall–Kier alpha value is -2.61. The maximum Gasteiger partial charge on any atom is 0.492 e. The molecule has 1 heterocycles. The van der Waals surface area contributed by atoms with E-state index in [-0.39, 0.29) is 13.2 Å². The van der Waals surface area contributed by atoms with Gasteiger partial charge in [-0.05, 0) is 56.9 Å². The second-order valence-corrected chi connectivity index (χ2v) is 9.00. The summed E-state index contributed by atoms with van der Waals surface area (Å²) in [5.41, 5.74) is 3.00. The summed E-state index contributed by atoms with van der Waals surface area (Å²) >= 11 is 0. The Morgan fingerprint density at radius 3 is 2.31 bits per heavy atom. The number of rotatable bonds is 8. The standard InChI is InChI=1S/C25H33BN2O4/c1-24(2)25(3,4)32-26(31-24)22(15-20-12-9-13-21(14-20)16-27-5)17-28-23(29)30-18-19-10-7-6-8-11-19/h6-15,27H,16-18H2,1-5H3,(H,28,29). The quantitative estimate of drug-likeness (QED) is 0.603. The molecule has 0 aliphatic carbocycles. The highest BCUT2D eigenvalue weighted by Gasteiger charge is 2.52. The molecular weight excluding hydrogens is 403 g/mol. The molecule has 0 saturated carbocycles. The minimum atomic E-state index is -0.567. The predicted octanol–water partition coefficient (Wildman–Crippen LogP) is 4.35. The second-order valence-electron chi connectivity index (χ2n) is 9.00. The van der Waals surface area contributed by atoms with Crippen molar-refractivity contribution in [2.75, 3.05) is 13.6 Å². The van der Waals surface area contributed by atoms with Gasteiger partial charge < -0.3 is 24.7 Å².